The van der Waals surface area contributed by atoms with Crippen LogP contribution in [0.2, 0.25) is 0 Å². The molecule has 4 aromatic heterocycles. The minimum Gasteiger partial charge on any atom is -0.254 e. The molecule has 0 fully saturated rings. The molecule has 0 aliphatic heterocycles. The van der Waals surface area contributed by atoms with Gasteiger partial charge in [-0.05, 0) is 75.5 Å². The average Bonchev–Trinajstić information content (AvgIpc) is 3.59. The van der Waals surface area contributed by atoms with Crippen LogP contribution >= 0.6 is 11.3 Å². The van der Waals surface area contributed by atoms with E-state index in [1.165, 1.54) is 63.8 Å². The molecular formula is C47H27N3S. The van der Waals surface area contributed by atoms with Crippen molar-refractivity contribution < 1.29 is 0 Å². The summed E-state index contributed by atoms with van der Waals surface area (Å²) in [5.74, 6) is 0. The molecule has 0 saturated carbocycles. The maximum atomic E-state index is 5.29. The highest BCUT2D eigenvalue weighted by Gasteiger charge is 2.17. The summed E-state index contributed by atoms with van der Waals surface area (Å²) >= 11 is 1.88. The fourth-order valence-electron chi connectivity index (χ4n) is 7.88. The summed E-state index contributed by atoms with van der Waals surface area (Å²) in [6, 6.07) is 54.7. The summed E-state index contributed by atoms with van der Waals surface area (Å²) in [7, 11) is 0. The van der Waals surface area contributed by atoms with Gasteiger partial charge in [0.1, 0.15) is 0 Å². The third kappa shape index (κ3) is 4.40. The summed E-state index contributed by atoms with van der Waals surface area (Å²) in [6.45, 7) is 0. The predicted octanol–water partition coefficient (Wildman–Crippen LogP) is 13.0. The van der Waals surface area contributed by atoms with E-state index < -0.39 is 0 Å². The lowest BCUT2D eigenvalue weighted by atomic mass is 9.94. The summed E-state index contributed by atoms with van der Waals surface area (Å²) < 4.78 is 2.64. The van der Waals surface area contributed by atoms with E-state index in [2.05, 4.69) is 151 Å². The van der Waals surface area contributed by atoms with Gasteiger partial charge in [0.15, 0.2) is 0 Å². The molecule has 0 unspecified atom stereocenters. The minimum atomic E-state index is 0.933. The van der Waals surface area contributed by atoms with Gasteiger partial charge in [-0.25, -0.2) is 4.98 Å². The van der Waals surface area contributed by atoms with Crippen molar-refractivity contribution >= 4 is 85.8 Å². The highest BCUT2D eigenvalue weighted by molar-refractivity contribution is 7.26. The van der Waals surface area contributed by atoms with Crippen LogP contribution in [0.1, 0.15) is 0 Å². The Balaban J connectivity index is 1.03. The Morgan fingerprint density at radius 1 is 0.412 bits per heavy atom. The zero-order valence-corrected chi connectivity index (χ0v) is 28.2. The van der Waals surface area contributed by atoms with Gasteiger partial charge in [-0.3, -0.25) is 9.97 Å². The van der Waals surface area contributed by atoms with Crippen molar-refractivity contribution in [1.29, 1.82) is 0 Å². The van der Waals surface area contributed by atoms with E-state index in [-0.39, 0.29) is 0 Å². The summed E-state index contributed by atoms with van der Waals surface area (Å²) in [4.78, 5) is 14.7. The molecule has 0 bridgehead atoms. The normalized spacial score (nSPS) is 11.9. The van der Waals surface area contributed by atoms with Crippen LogP contribution in [0.3, 0.4) is 0 Å². The van der Waals surface area contributed by atoms with Gasteiger partial charge in [-0.2, -0.15) is 0 Å². The van der Waals surface area contributed by atoms with Crippen molar-refractivity contribution in [1.82, 2.24) is 15.0 Å². The standard InChI is InChI=1S/C47H27N3S/c1-3-12-41-39(11-1)43-40(21-20-38-36-10-2-4-13-42(36)51-47(38)43)44(50-41)34-8-5-7-29(27-34)30-14-15-32-26-33(17-16-31(32)25-30)35-22-24-49-46-37(35)19-18-28-9-6-23-48-45(28)46/h1-27H. The predicted molar refractivity (Wildman–Crippen MR) is 217 cm³/mol. The molecule has 3 nitrogen and oxygen atoms in total. The number of rotatable bonds is 3. The Hall–Kier alpha value is -6.49. The van der Waals surface area contributed by atoms with Crippen molar-refractivity contribution in [3.05, 3.63) is 164 Å². The molecule has 0 aliphatic carbocycles. The molecule has 4 heterocycles. The third-order valence-electron chi connectivity index (χ3n) is 10.3. The van der Waals surface area contributed by atoms with Gasteiger partial charge in [-0.1, -0.05) is 109 Å². The Labute approximate surface area is 297 Å². The van der Waals surface area contributed by atoms with E-state index in [9.17, 15) is 0 Å². The quantitative estimate of drug-likeness (QED) is 0.176. The van der Waals surface area contributed by atoms with Crippen LogP contribution in [-0.4, -0.2) is 15.0 Å². The number of benzene rings is 7. The van der Waals surface area contributed by atoms with E-state index in [0.717, 1.165) is 44.1 Å². The van der Waals surface area contributed by atoms with Crippen LogP contribution in [-0.2, 0) is 0 Å². The highest BCUT2D eigenvalue weighted by atomic mass is 32.1. The molecule has 236 valence electrons. The first-order chi connectivity index (χ1) is 25.3. The maximum Gasteiger partial charge on any atom is 0.0970 e. The first kappa shape index (κ1) is 28.4. The molecule has 0 aliphatic rings. The minimum absolute atomic E-state index is 0.933. The van der Waals surface area contributed by atoms with Crippen molar-refractivity contribution in [2.75, 3.05) is 0 Å². The largest absolute Gasteiger partial charge is 0.254 e. The number of para-hydroxylation sites is 1. The fraction of sp³-hybridized carbons (Fsp3) is 0. The second kappa shape index (κ2) is 11.0. The number of hydrogen-bond donors (Lipinski definition) is 0. The lowest BCUT2D eigenvalue weighted by Crippen LogP contribution is -1.91. The smallest absolute Gasteiger partial charge is 0.0970 e. The molecule has 0 spiro atoms. The van der Waals surface area contributed by atoms with Gasteiger partial charge in [0.25, 0.3) is 0 Å². The summed E-state index contributed by atoms with van der Waals surface area (Å²) in [5.41, 5.74) is 9.70. The Kier molecular flexibility index (Phi) is 6.12. The van der Waals surface area contributed by atoms with Gasteiger partial charge in [-0.15, -0.1) is 11.3 Å². The summed E-state index contributed by atoms with van der Waals surface area (Å²) in [6.07, 6.45) is 3.73. The van der Waals surface area contributed by atoms with Crippen LogP contribution in [0.5, 0.6) is 0 Å². The van der Waals surface area contributed by atoms with Gasteiger partial charge in [0, 0.05) is 65.1 Å². The number of nitrogens with zero attached hydrogens (tertiary/aromatic N) is 3. The van der Waals surface area contributed by atoms with E-state index in [4.69, 9.17) is 9.97 Å². The molecule has 51 heavy (non-hydrogen) atoms. The van der Waals surface area contributed by atoms with Crippen LogP contribution < -0.4 is 0 Å². The molecule has 0 N–H and O–H groups in total. The molecule has 11 rings (SSSR count). The number of hydrogen-bond acceptors (Lipinski definition) is 4. The Morgan fingerprint density at radius 2 is 1.14 bits per heavy atom. The van der Waals surface area contributed by atoms with Gasteiger partial charge < -0.3 is 0 Å². The molecule has 0 amide bonds. The molecule has 4 heteroatoms. The average molecular weight is 666 g/mol. The molecular weight excluding hydrogens is 639 g/mol. The highest BCUT2D eigenvalue weighted by Crippen LogP contribution is 2.43. The molecule has 0 saturated heterocycles. The zero-order valence-electron chi connectivity index (χ0n) is 27.3. The van der Waals surface area contributed by atoms with E-state index in [1.54, 1.807) is 0 Å². The Bertz CT molecular complexity index is 3210. The first-order valence-corrected chi connectivity index (χ1v) is 18.0. The van der Waals surface area contributed by atoms with Gasteiger partial charge >= 0.3 is 0 Å². The second-order valence-electron chi connectivity index (χ2n) is 13.2. The van der Waals surface area contributed by atoms with Crippen LogP contribution in [0, 0.1) is 0 Å². The number of fused-ring (bicyclic) bond motifs is 11. The molecule has 11 aromatic rings. The van der Waals surface area contributed by atoms with Crippen molar-refractivity contribution in [3.63, 3.8) is 0 Å². The van der Waals surface area contributed by atoms with E-state index >= 15 is 0 Å². The zero-order chi connectivity index (χ0) is 33.5. The van der Waals surface area contributed by atoms with Crippen LogP contribution in [0.25, 0.3) is 108 Å². The molecule has 0 atom stereocenters. The van der Waals surface area contributed by atoms with Crippen LogP contribution in [0.15, 0.2) is 164 Å². The van der Waals surface area contributed by atoms with Crippen molar-refractivity contribution in [2.45, 2.75) is 0 Å². The fourth-order valence-corrected chi connectivity index (χ4v) is 9.15. The first-order valence-electron chi connectivity index (χ1n) is 17.2. The van der Waals surface area contributed by atoms with Crippen molar-refractivity contribution in [2.24, 2.45) is 0 Å². The van der Waals surface area contributed by atoms with E-state index in [0.29, 0.717) is 0 Å². The number of thiophene rings is 1. The van der Waals surface area contributed by atoms with E-state index in [1.807, 2.05) is 29.8 Å². The third-order valence-corrected chi connectivity index (χ3v) is 11.5. The molecule has 7 aromatic carbocycles. The number of aromatic nitrogens is 3. The molecule has 0 radical (unpaired) electrons. The lowest BCUT2D eigenvalue weighted by molar-refractivity contribution is 1.37. The van der Waals surface area contributed by atoms with Crippen molar-refractivity contribution in [3.8, 4) is 33.5 Å². The monoisotopic (exact) mass is 665 g/mol. The topological polar surface area (TPSA) is 38.7 Å². The van der Waals surface area contributed by atoms with Crippen LogP contribution in [0.4, 0.5) is 0 Å². The number of pyridine rings is 3. The SMILES string of the molecule is c1cc(-c2ccc3cc(-c4ccnc5c4ccc4cccnc45)ccc3c2)cc(-c2nc3ccccc3c3c2ccc2c4ccccc4sc23)c1. The van der Waals surface area contributed by atoms with Gasteiger partial charge in [0.05, 0.1) is 22.2 Å². The van der Waals surface area contributed by atoms with Gasteiger partial charge in [0.2, 0.25) is 0 Å². The Morgan fingerprint density at radius 3 is 2.08 bits per heavy atom. The maximum absolute atomic E-state index is 5.29. The second-order valence-corrected chi connectivity index (χ2v) is 14.2. The summed E-state index contributed by atoms with van der Waals surface area (Å²) in [5, 5.41) is 10.9. The lowest BCUT2D eigenvalue weighted by Gasteiger charge is -2.13.